The lowest BCUT2D eigenvalue weighted by Gasteiger charge is -2.38. The Morgan fingerprint density at radius 3 is 2.52 bits per heavy atom. The Bertz CT molecular complexity index is 1180. The van der Waals surface area contributed by atoms with Crippen LogP contribution in [0.25, 0.3) is 10.9 Å². The molecule has 4 nitrogen and oxygen atoms in total. The molecule has 3 aromatic rings. The van der Waals surface area contributed by atoms with E-state index in [-0.39, 0.29) is 24.0 Å². The van der Waals surface area contributed by atoms with E-state index in [9.17, 15) is 4.79 Å². The molecule has 2 atom stereocenters. The molecule has 2 fully saturated rings. The van der Waals surface area contributed by atoms with E-state index >= 15 is 0 Å². The third-order valence-corrected chi connectivity index (χ3v) is 7.87. The molecular weight excluding hydrogens is 426 g/mol. The standard InChI is InChI=1S/C25H24ClN3OS/c26-16-12-10-15(11-13-16)23-22-19(18-8-4-5-9-20(18)27-22)14-21-24(30)28(25(31)29(21)23)17-6-2-1-3-7-17/h4-5,8-13,17,21,23,27H,1-3,6-7,14H2/t21-,23-/m1/s1. The van der Waals surface area contributed by atoms with Crippen LogP contribution in [0, 0.1) is 0 Å². The molecule has 3 heterocycles. The summed E-state index contributed by atoms with van der Waals surface area (Å²) in [6.45, 7) is 0. The van der Waals surface area contributed by atoms with Crippen LogP contribution in [-0.4, -0.2) is 37.9 Å². The maximum atomic E-state index is 13.7. The monoisotopic (exact) mass is 449 g/mol. The highest BCUT2D eigenvalue weighted by molar-refractivity contribution is 7.80. The topological polar surface area (TPSA) is 39.3 Å². The predicted octanol–water partition coefficient (Wildman–Crippen LogP) is 5.60. The third kappa shape index (κ3) is 2.94. The summed E-state index contributed by atoms with van der Waals surface area (Å²) in [4.78, 5) is 21.5. The number of rotatable bonds is 2. The van der Waals surface area contributed by atoms with Gasteiger partial charge in [-0.15, -0.1) is 0 Å². The number of aromatic nitrogens is 1. The van der Waals surface area contributed by atoms with Crippen LogP contribution in [0.4, 0.5) is 0 Å². The normalized spacial score (nSPS) is 24.0. The number of H-pyrrole nitrogens is 1. The van der Waals surface area contributed by atoms with Crippen molar-refractivity contribution in [1.82, 2.24) is 14.8 Å². The summed E-state index contributed by atoms with van der Waals surface area (Å²) in [7, 11) is 0. The molecule has 0 unspecified atom stereocenters. The van der Waals surface area contributed by atoms with Crippen LogP contribution >= 0.6 is 23.8 Å². The zero-order valence-corrected chi connectivity index (χ0v) is 18.8. The van der Waals surface area contributed by atoms with Gasteiger partial charge in [0.1, 0.15) is 6.04 Å². The van der Waals surface area contributed by atoms with Crippen LogP contribution in [0.15, 0.2) is 48.5 Å². The number of aromatic amines is 1. The number of thiocarbonyl (C=S) groups is 1. The van der Waals surface area contributed by atoms with Crippen LogP contribution in [0.5, 0.6) is 0 Å². The molecule has 158 valence electrons. The van der Waals surface area contributed by atoms with Crippen LogP contribution < -0.4 is 0 Å². The zero-order valence-electron chi connectivity index (χ0n) is 17.2. The summed E-state index contributed by atoms with van der Waals surface area (Å²) in [6, 6.07) is 16.2. The van der Waals surface area contributed by atoms with E-state index in [1.54, 1.807) is 0 Å². The smallest absolute Gasteiger partial charge is 0.252 e. The Labute approximate surface area is 192 Å². The summed E-state index contributed by atoms with van der Waals surface area (Å²) in [6.07, 6.45) is 6.38. The Morgan fingerprint density at radius 1 is 1.00 bits per heavy atom. The number of amides is 1. The number of nitrogens with zero attached hydrogens (tertiary/aromatic N) is 2. The minimum atomic E-state index is -0.248. The van der Waals surface area contributed by atoms with Crippen molar-refractivity contribution < 1.29 is 4.79 Å². The molecule has 6 heteroatoms. The van der Waals surface area contributed by atoms with Gasteiger partial charge in [0, 0.05) is 34.1 Å². The number of carbonyl (C=O) groups excluding carboxylic acids is 1. The predicted molar refractivity (Wildman–Crippen MR) is 127 cm³/mol. The number of nitrogens with one attached hydrogen (secondary N) is 1. The first kappa shape index (κ1) is 19.3. The Balaban J connectivity index is 1.51. The Morgan fingerprint density at radius 2 is 1.74 bits per heavy atom. The van der Waals surface area contributed by atoms with Gasteiger partial charge in [0.05, 0.1) is 6.04 Å². The molecule has 1 aliphatic carbocycles. The third-order valence-electron chi connectivity index (χ3n) is 7.21. The van der Waals surface area contributed by atoms with Gasteiger partial charge in [0.25, 0.3) is 5.91 Å². The summed E-state index contributed by atoms with van der Waals surface area (Å²) in [5.41, 5.74) is 4.58. The van der Waals surface area contributed by atoms with Crippen LogP contribution in [0.2, 0.25) is 5.02 Å². The van der Waals surface area contributed by atoms with Crippen LogP contribution in [0.3, 0.4) is 0 Å². The SMILES string of the molecule is O=C1[C@H]2Cc3c([nH]c4ccccc34)[C@@H](c3ccc(Cl)cc3)N2C(=S)N1C1CCCCC1. The largest absolute Gasteiger partial charge is 0.356 e. The molecule has 0 bridgehead atoms. The van der Waals surface area contributed by atoms with E-state index in [1.807, 2.05) is 23.1 Å². The zero-order chi connectivity index (χ0) is 21.1. The number of hydrogen-bond donors (Lipinski definition) is 1. The minimum absolute atomic E-state index is 0.122. The van der Waals surface area contributed by atoms with Crippen molar-refractivity contribution in [3.8, 4) is 0 Å². The Kier molecular flexibility index (Phi) is 4.58. The average molecular weight is 450 g/mol. The quantitative estimate of drug-likeness (QED) is 0.518. The molecule has 6 rings (SSSR count). The van der Waals surface area contributed by atoms with Gasteiger partial charge in [-0.05, 0) is 54.4 Å². The van der Waals surface area contributed by atoms with Crippen molar-refractivity contribution in [2.75, 3.05) is 0 Å². The number of para-hydroxylation sites is 1. The second kappa shape index (κ2) is 7.35. The second-order valence-corrected chi connectivity index (χ2v) is 9.73. The molecule has 1 N–H and O–H groups in total. The van der Waals surface area contributed by atoms with E-state index in [1.165, 1.54) is 30.2 Å². The summed E-state index contributed by atoms with van der Waals surface area (Å²) >= 11 is 12.2. The summed E-state index contributed by atoms with van der Waals surface area (Å²) in [5, 5.41) is 2.59. The van der Waals surface area contributed by atoms with Crippen LogP contribution in [0.1, 0.15) is 55.0 Å². The molecule has 3 aliphatic rings. The number of hydrogen-bond acceptors (Lipinski definition) is 2. The molecule has 2 aliphatic heterocycles. The van der Waals surface area contributed by atoms with Crippen molar-refractivity contribution in [3.05, 3.63) is 70.4 Å². The fourth-order valence-electron chi connectivity index (χ4n) is 5.76. The van der Waals surface area contributed by atoms with Crippen molar-refractivity contribution in [3.63, 3.8) is 0 Å². The van der Waals surface area contributed by atoms with Gasteiger partial charge in [-0.2, -0.15) is 0 Å². The summed E-state index contributed by atoms with van der Waals surface area (Å²) in [5.74, 6) is 0.173. The lowest BCUT2D eigenvalue weighted by atomic mass is 9.89. The highest BCUT2D eigenvalue weighted by Crippen LogP contribution is 2.45. The van der Waals surface area contributed by atoms with Crippen molar-refractivity contribution in [1.29, 1.82) is 0 Å². The van der Waals surface area contributed by atoms with Gasteiger partial charge in [-0.25, -0.2) is 0 Å². The van der Waals surface area contributed by atoms with Crippen molar-refractivity contribution >= 4 is 45.7 Å². The van der Waals surface area contributed by atoms with E-state index < -0.39 is 0 Å². The molecule has 0 spiro atoms. The van der Waals surface area contributed by atoms with Crippen LogP contribution in [-0.2, 0) is 11.2 Å². The average Bonchev–Trinajstić information content (AvgIpc) is 3.29. The molecule has 0 radical (unpaired) electrons. The number of carbonyl (C=O) groups is 1. The first-order valence-electron chi connectivity index (χ1n) is 11.1. The first-order chi connectivity index (χ1) is 15.1. The van der Waals surface area contributed by atoms with E-state index in [2.05, 4.69) is 40.2 Å². The fourth-order valence-corrected chi connectivity index (χ4v) is 6.36. The van der Waals surface area contributed by atoms with Gasteiger partial charge in [-0.3, -0.25) is 9.69 Å². The fraction of sp³-hybridized carbons (Fsp3) is 0.360. The number of benzene rings is 2. The lowest BCUT2D eigenvalue weighted by molar-refractivity contribution is -0.130. The first-order valence-corrected chi connectivity index (χ1v) is 11.9. The molecule has 1 saturated carbocycles. The van der Waals surface area contributed by atoms with Crippen molar-refractivity contribution in [2.24, 2.45) is 0 Å². The van der Waals surface area contributed by atoms with E-state index in [0.29, 0.717) is 16.6 Å². The van der Waals surface area contributed by atoms with Gasteiger partial charge in [-0.1, -0.05) is 61.2 Å². The van der Waals surface area contributed by atoms with Gasteiger partial charge in [0.2, 0.25) is 0 Å². The molecule has 1 aromatic heterocycles. The highest BCUT2D eigenvalue weighted by atomic mass is 35.5. The van der Waals surface area contributed by atoms with E-state index in [4.69, 9.17) is 23.8 Å². The van der Waals surface area contributed by atoms with Gasteiger partial charge < -0.3 is 9.88 Å². The summed E-state index contributed by atoms with van der Waals surface area (Å²) < 4.78 is 0. The lowest BCUT2D eigenvalue weighted by Crippen LogP contribution is -2.44. The number of halogens is 1. The maximum absolute atomic E-state index is 13.7. The minimum Gasteiger partial charge on any atom is -0.356 e. The molecular formula is C25H24ClN3OS. The molecule has 2 aromatic carbocycles. The van der Waals surface area contributed by atoms with Gasteiger partial charge >= 0.3 is 0 Å². The number of fused-ring (bicyclic) bond motifs is 4. The second-order valence-electron chi connectivity index (χ2n) is 8.93. The maximum Gasteiger partial charge on any atom is 0.252 e. The molecule has 31 heavy (non-hydrogen) atoms. The highest BCUT2D eigenvalue weighted by Gasteiger charge is 2.52. The molecule has 1 saturated heterocycles. The van der Waals surface area contributed by atoms with Crippen molar-refractivity contribution in [2.45, 2.75) is 56.7 Å². The van der Waals surface area contributed by atoms with Gasteiger partial charge in [0.15, 0.2) is 5.11 Å². The van der Waals surface area contributed by atoms with E-state index in [0.717, 1.165) is 29.6 Å². The Hall–Kier alpha value is -2.37. The molecule has 1 amide bonds.